The Balaban J connectivity index is 3.97. The van der Waals surface area contributed by atoms with E-state index < -0.39 is 0 Å². The second kappa shape index (κ2) is 7.17. The highest BCUT2D eigenvalue weighted by Gasteiger charge is 2.25. The van der Waals surface area contributed by atoms with Crippen LogP contribution in [0.1, 0.15) is 27.7 Å². The van der Waals surface area contributed by atoms with Crippen LogP contribution in [0.2, 0.25) is 0 Å². The van der Waals surface area contributed by atoms with Gasteiger partial charge >= 0.3 is 0 Å². The first-order valence-electron chi connectivity index (χ1n) is 5.42. The molecule has 0 saturated heterocycles. The van der Waals surface area contributed by atoms with Crippen LogP contribution in [0.3, 0.4) is 0 Å². The van der Waals surface area contributed by atoms with Gasteiger partial charge in [-0.3, -0.25) is 0 Å². The lowest BCUT2D eigenvalue weighted by Gasteiger charge is -2.32. The first-order chi connectivity index (χ1) is 6.93. The third kappa shape index (κ3) is 6.84. The number of hydrogen-bond acceptors (Lipinski definition) is 4. The molecule has 2 atom stereocenters. The lowest BCUT2D eigenvalue weighted by molar-refractivity contribution is -0.0295. The number of methoxy groups -OCH3 is 1. The molecule has 0 fully saturated rings. The molecule has 0 bridgehead atoms. The van der Waals surface area contributed by atoms with Crippen molar-refractivity contribution in [3.8, 4) is 0 Å². The second-order valence-corrected chi connectivity index (χ2v) is 4.59. The van der Waals surface area contributed by atoms with Crippen LogP contribution in [0.25, 0.3) is 0 Å². The number of aliphatic hydroxyl groups is 1. The molecule has 4 heteroatoms. The van der Waals surface area contributed by atoms with Crippen LogP contribution in [0.4, 0.5) is 0 Å². The van der Waals surface area contributed by atoms with Gasteiger partial charge in [0.1, 0.15) is 0 Å². The van der Waals surface area contributed by atoms with Gasteiger partial charge in [0.05, 0.1) is 31.5 Å². The smallest absolute Gasteiger partial charge is 0.0781 e. The molecule has 0 aromatic rings. The third-order valence-electron chi connectivity index (χ3n) is 2.07. The van der Waals surface area contributed by atoms with Crippen LogP contribution in [0, 0.1) is 0 Å². The van der Waals surface area contributed by atoms with E-state index in [9.17, 15) is 5.11 Å². The van der Waals surface area contributed by atoms with Crippen LogP contribution in [-0.2, 0) is 9.47 Å². The number of ether oxygens (including phenoxy) is 2. The van der Waals surface area contributed by atoms with E-state index in [1.54, 1.807) is 7.11 Å². The highest BCUT2D eigenvalue weighted by Crippen LogP contribution is 2.07. The predicted molar refractivity (Wildman–Crippen MR) is 61.1 cm³/mol. The van der Waals surface area contributed by atoms with Gasteiger partial charge in [0.2, 0.25) is 0 Å². The molecular weight excluding hydrogens is 194 g/mol. The number of nitrogens with one attached hydrogen (secondary N) is 1. The molecule has 2 N–H and O–H groups in total. The largest absolute Gasteiger partial charge is 0.394 e. The van der Waals surface area contributed by atoms with E-state index in [1.165, 1.54) is 0 Å². The molecule has 0 spiro atoms. The molecule has 15 heavy (non-hydrogen) atoms. The average molecular weight is 219 g/mol. The summed E-state index contributed by atoms with van der Waals surface area (Å²) in [6, 6.07) is 0.323. The van der Waals surface area contributed by atoms with Gasteiger partial charge in [-0.15, -0.1) is 0 Å². The Kier molecular flexibility index (Phi) is 7.09. The van der Waals surface area contributed by atoms with Crippen LogP contribution in [-0.4, -0.2) is 49.7 Å². The topological polar surface area (TPSA) is 50.7 Å². The van der Waals surface area contributed by atoms with Crippen molar-refractivity contribution in [3.05, 3.63) is 0 Å². The van der Waals surface area contributed by atoms with E-state index in [2.05, 4.69) is 5.32 Å². The van der Waals surface area contributed by atoms with Gasteiger partial charge in [-0.1, -0.05) is 13.8 Å². The summed E-state index contributed by atoms with van der Waals surface area (Å²) in [6.45, 7) is 9.11. The number of hydrogen-bond donors (Lipinski definition) is 2. The van der Waals surface area contributed by atoms with Gasteiger partial charge < -0.3 is 19.9 Å². The molecule has 4 nitrogen and oxygen atoms in total. The Morgan fingerprint density at radius 3 is 2.33 bits per heavy atom. The lowest BCUT2D eigenvalue weighted by atomic mass is 10.0. The number of rotatable bonds is 8. The van der Waals surface area contributed by atoms with E-state index in [4.69, 9.17) is 9.47 Å². The average Bonchev–Trinajstić information content (AvgIpc) is 2.14. The van der Waals surface area contributed by atoms with Gasteiger partial charge in [-0.05, 0) is 13.8 Å². The highest BCUT2D eigenvalue weighted by molar-refractivity contribution is 4.83. The minimum atomic E-state index is -0.379. The summed E-state index contributed by atoms with van der Waals surface area (Å²) < 4.78 is 10.6. The standard InChI is InChI=1S/C11H25NO3/c1-9(2)12-11(4,7-13)8-15-10(3)6-14-5/h9-10,12-13H,6-8H2,1-5H3. The molecule has 92 valence electrons. The summed E-state index contributed by atoms with van der Waals surface area (Å²) in [5.74, 6) is 0. The fourth-order valence-electron chi connectivity index (χ4n) is 1.44. The summed E-state index contributed by atoms with van der Waals surface area (Å²) in [5.41, 5.74) is -0.379. The minimum absolute atomic E-state index is 0.0508. The second-order valence-electron chi connectivity index (χ2n) is 4.59. The van der Waals surface area contributed by atoms with E-state index >= 15 is 0 Å². The Morgan fingerprint density at radius 1 is 1.33 bits per heavy atom. The predicted octanol–water partition coefficient (Wildman–Crippen LogP) is 0.787. The van der Waals surface area contributed by atoms with Gasteiger partial charge in [0, 0.05) is 13.2 Å². The molecule has 0 aromatic carbocycles. The van der Waals surface area contributed by atoms with Crippen LogP contribution in [0.15, 0.2) is 0 Å². The maximum absolute atomic E-state index is 9.30. The third-order valence-corrected chi connectivity index (χ3v) is 2.07. The molecular formula is C11H25NO3. The monoisotopic (exact) mass is 219 g/mol. The molecule has 0 saturated carbocycles. The molecule has 2 unspecified atom stereocenters. The lowest BCUT2D eigenvalue weighted by Crippen LogP contribution is -2.53. The SMILES string of the molecule is COCC(C)OCC(C)(CO)NC(C)C. The fourth-order valence-corrected chi connectivity index (χ4v) is 1.44. The summed E-state index contributed by atoms with van der Waals surface area (Å²) >= 11 is 0. The van der Waals surface area contributed by atoms with E-state index in [-0.39, 0.29) is 18.2 Å². The van der Waals surface area contributed by atoms with Crippen molar-refractivity contribution < 1.29 is 14.6 Å². The molecule has 0 amide bonds. The summed E-state index contributed by atoms with van der Waals surface area (Å²) in [4.78, 5) is 0. The molecule has 0 aliphatic heterocycles. The van der Waals surface area contributed by atoms with Crippen LogP contribution >= 0.6 is 0 Å². The Bertz CT molecular complexity index is 164. The molecule has 0 rings (SSSR count). The molecule has 0 aliphatic rings. The van der Waals surface area contributed by atoms with Crippen LogP contribution < -0.4 is 5.32 Å². The van der Waals surface area contributed by atoms with E-state index in [1.807, 2.05) is 27.7 Å². The highest BCUT2D eigenvalue weighted by atomic mass is 16.5. The van der Waals surface area contributed by atoms with Crippen molar-refractivity contribution in [1.82, 2.24) is 5.32 Å². The maximum atomic E-state index is 9.30. The summed E-state index contributed by atoms with van der Waals surface area (Å²) in [5, 5.41) is 12.6. The number of aliphatic hydroxyl groups excluding tert-OH is 1. The molecule has 0 radical (unpaired) electrons. The fraction of sp³-hybridized carbons (Fsp3) is 1.00. The maximum Gasteiger partial charge on any atom is 0.0781 e. The van der Waals surface area contributed by atoms with Crippen molar-refractivity contribution in [1.29, 1.82) is 0 Å². The van der Waals surface area contributed by atoms with Crippen LogP contribution in [0.5, 0.6) is 0 Å². The molecule has 0 aliphatic carbocycles. The zero-order valence-electron chi connectivity index (χ0n) is 10.5. The van der Waals surface area contributed by atoms with Crippen molar-refractivity contribution in [3.63, 3.8) is 0 Å². The first-order valence-corrected chi connectivity index (χ1v) is 5.42. The molecule has 0 aromatic heterocycles. The van der Waals surface area contributed by atoms with Crippen molar-refractivity contribution in [2.45, 2.75) is 45.4 Å². The summed E-state index contributed by atoms with van der Waals surface area (Å²) in [7, 11) is 1.65. The van der Waals surface area contributed by atoms with Gasteiger partial charge in [0.15, 0.2) is 0 Å². The van der Waals surface area contributed by atoms with Gasteiger partial charge in [-0.2, -0.15) is 0 Å². The van der Waals surface area contributed by atoms with E-state index in [0.717, 1.165) is 0 Å². The zero-order valence-corrected chi connectivity index (χ0v) is 10.5. The van der Waals surface area contributed by atoms with Gasteiger partial charge in [0.25, 0.3) is 0 Å². The summed E-state index contributed by atoms with van der Waals surface area (Å²) in [6.07, 6.45) is 0.0508. The van der Waals surface area contributed by atoms with Crippen molar-refractivity contribution in [2.24, 2.45) is 0 Å². The Morgan fingerprint density at radius 2 is 1.93 bits per heavy atom. The quantitative estimate of drug-likeness (QED) is 0.633. The van der Waals surface area contributed by atoms with E-state index in [0.29, 0.717) is 19.3 Å². The van der Waals surface area contributed by atoms with Crippen molar-refractivity contribution in [2.75, 3.05) is 26.9 Å². The minimum Gasteiger partial charge on any atom is -0.394 e. The first kappa shape index (κ1) is 14.8. The molecule has 0 heterocycles. The Hall–Kier alpha value is -0.160. The zero-order chi connectivity index (χ0) is 11.9. The van der Waals surface area contributed by atoms with Crippen molar-refractivity contribution >= 4 is 0 Å². The normalized spacial score (nSPS) is 17.8. The Labute approximate surface area is 93.0 Å². The van der Waals surface area contributed by atoms with Gasteiger partial charge in [-0.25, -0.2) is 0 Å².